The van der Waals surface area contributed by atoms with Gasteiger partial charge in [-0.15, -0.1) is 0 Å². The smallest absolute Gasteiger partial charge is 0.135 e. The Morgan fingerprint density at radius 2 is 1.81 bits per heavy atom. The highest BCUT2D eigenvalue weighted by atomic mass is 15.2. The van der Waals surface area contributed by atoms with Crippen LogP contribution in [0.4, 0.5) is 17.3 Å². The van der Waals surface area contributed by atoms with Gasteiger partial charge in [0.05, 0.1) is 16.9 Å². The predicted octanol–water partition coefficient (Wildman–Crippen LogP) is 4.47. The van der Waals surface area contributed by atoms with Gasteiger partial charge < -0.3 is 20.9 Å². The number of aromatic nitrogens is 3. The highest BCUT2D eigenvalue weighted by molar-refractivity contribution is 5.87. The van der Waals surface area contributed by atoms with Gasteiger partial charge in [0.25, 0.3) is 0 Å². The quantitative estimate of drug-likeness (QED) is 0.596. The molecule has 1 spiro atoms. The zero-order valence-corrected chi connectivity index (χ0v) is 19.2. The Morgan fingerprint density at radius 1 is 1.10 bits per heavy atom. The first-order valence-electron chi connectivity index (χ1n) is 11.5. The molecule has 0 amide bonds. The Kier molecular flexibility index (Phi) is 5.97. The van der Waals surface area contributed by atoms with Gasteiger partial charge in [0.2, 0.25) is 0 Å². The average molecular weight is 422 g/mol. The summed E-state index contributed by atoms with van der Waals surface area (Å²) in [5, 5.41) is 14.7. The fraction of sp³-hybridized carbons (Fsp3) is 0.583. The summed E-state index contributed by atoms with van der Waals surface area (Å²) >= 11 is 0. The monoisotopic (exact) mass is 421 g/mol. The maximum Gasteiger partial charge on any atom is 0.135 e. The fourth-order valence-electron chi connectivity index (χ4n) is 4.66. The molecule has 1 saturated heterocycles. The Hall–Kier alpha value is -2.54. The summed E-state index contributed by atoms with van der Waals surface area (Å²) in [6, 6.07) is 4.08. The van der Waals surface area contributed by atoms with Crippen molar-refractivity contribution in [2.75, 3.05) is 30.4 Å². The molecule has 2 aromatic rings. The third-order valence-corrected chi connectivity index (χ3v) is 6.54. The van der Waals surface area contributed by atoms with Gasteiger partial charge in [-0.2, -0.15) is 0 Å². The number of nitrogens with zero attached hydrogens (tertiary/aromatic N) is 4. The second kappa shape index (κ2) is 8.54. The van der Waals surface area contributed by atoms with Gasteiger partial charge in [0.1, 0.15) is 18.0 Å². The fourth-order valence-corrected chi connectivity index (χ4v) is 4.66. The molecule has 2 saturated carbocycles. The van der Waals surface area contributed by atoms with E-state index in [1.807, 2.05) is 13.1 Å². The van der Waals surface area contributed by atoms with E-state index in [4.69, 9.17) is 5.41 Å². The van der Waals surface area contributed by atoms with Gasteiger partial charge >= 0.3 is 0 Å². The molecule has 3 N–H and O–H groups in total. The van der Waals surface area contributed by atoms with E-state index in [9.17, 15) is 0 Å². The lowest BCUT2D eigenvalue weighted by atomic mass is 10.1. The SMILES string of the molecule is CC(C)C.CN[C@@]1(c2cc(Nc3cc(N4CCCC4)ncn3)c(C=N)cn2)CC12CC2. The van der Waals surface area contributed by atoms with E-state index in [1.54, 1.807) is 12.5 Å². The van der Waals surface area contributed by atoms with E-state index in [1.165, 1.54) is 31.9 Å². The van der Waals surface area contributed by atoms with Crippen molar-refractivity contribution < 1.29 is 0 Å². The first-order chi connectivity index (χ1) is 14.9. The van der Waals surface area contributed by atoms with Crippen molar-refractivity contribution in [2.45, 2.75) is 58.4 Å². The summed E-state index contributed by atoms with van der Waals surface area (Å²) in [5.41, 5.74) is 3.10. The maximum absolute atomic E-state index is 7.74. The molecule has 1 atom stereocenters. The Morgan fingerprint density at radius 3 is 2.39 bits per heavy atom. The minimum Gasteiger partial charge on any atom is -0.356 e. The zero-order valence-electron chi connectivity index (χ0n) is 19.2. The molecule has 31 heavy (non-hydrogen) atoms. The third kappa shape index (κ3) is 4.28. The van der Waals surface area contributed by atoms with Crippen LogP contribution >= 0.6 is 0 Å². The van der Waals surface area contributed by atoms with Crippen LogP contribution in [0.5, 0.6) is 0 Å². The first kappa shape index (κ1) is 21.7. The minimum atomic E-state index is -0.00360. The zero-order chi connectivity index (χ0) is 22.1. The summed E-state index contributed by atoms with van der Waals surface area (Å²) in [7, 11) is 2.03. The molecular weight excluding hydrogens is 386 g/mol. The van der Waals surface area contributed by atoms with Gasteiger partial charge in [-0.25, -0.2) is 9.97 Å². The Bertz CT molecular complexity index is 929. The number of hydrogen-bond donors (Lipinski definition) is 3. The summed E-state index contributed by atoms with van der Waals surface area (Å²) in [4.78, 5) is 15.8. The minimum absolute atomic E-state index is 0.00360. The average Bonchev–Trinajstić information content (AvgIpc) is 3.59. The number of rotatable bonds is 6. The second-order valence-electron chi connectivity index (χ2n) is 9.73. The van der Waals surface area contributed by atoms with E-state index in [0.717, 1.165) is 54.0 Å². The van der Waals surface area contributed by atoms with Crippen LogP contribution < -0.4 is 15.5 Å². The molecule has 7 nitrogen and oxygen atoms in total. The lowest BCUT2D eigenvalue weighted by Crippen LogP contribution is -2.29. The summed E-state index contributed by atoms with van der Waals surface area (Å²) < 4.78 is 0. The molecule has 166 valence electrons. The van der Waals surface area contributed by atoms with Crippen LogP contribution in [-0.4, -0.2) is 41.3 Å². The van der Waals surface area contributed by atoms with Crippen molar-refractivity contribution in [2.24, 2.45) is 11.3 Å². The number of pyridine rings is 1. The molecule has 5 rings (SSSR count). The molecule has 2 aliphatic carbocycles. The largest absolute Gasteiger partial charge is 0.356 e. The van der Waals surface area contributed by atoms with Crippen molar-refractivity contribution in [3.05, 3.63) is 35.9 Å². The van der Waals surface area contributed by atoms with E-state index in [2.05, 4.69) is 57.3 Å². The standard InChI is InChI=1S/C20H25N7.C4H10/c1-22-20(12-19(20)4-5-19)16-8-15(14(10-21)11-23-16)26-17-9-18(25-13-24-17)27-6-2-3-7-27;1-4(2)3/h8-11,13,21-22H,2-7,12H2,1H3,(H,23,24,25,26);4H,1-3H3/t20-;/m1./s1. The third-order valence-electron chi connectivity index (χ3n) is 6.54. The van der Waals surface area contributed by atoms with Crippen LogP contribution in [0.3, 0.4) is 0 Å². The molecule has 7 heteroatoms. The number of hydrogen-bond acceptors (Lipinski definition) is 7. The van der Waals surface area contributed by atoms with Crippen molar-refractivity contribution in [1.82, 2.24) is 20.3 Å². The molecule has 1 aliphatic heterocycles. The van der Waals surface area contributed by atoms with Crippen LogP contribution in [0.15, 0.2) is 24.7 Å². The van der Waals surface area contributed by atoms with Gasteiger partial charge in [0.15, 0.2) is 0 Å². The molecular formula is C24H35N7. The van der Waals surface area contributed by atoms with E-state index >= 15 is 0 Å². The molecule has 3 fully saturated rings. The van der Waals surface area contributed by atoms with Gasteiger partial charge in [-0.3, -0.25) is 4.98 Å². The lowest BCUT2D eigenvalue weighted by molar-refractivity contribution is 0.501. The van der Waals surface area contributed by atoms with Crippen LogP contribution in [0, 0.1) is 16.7 Å². The first-order valence-corrected chi connectivity index (χ1v) is 11.5. The van der Waals surface area contributed by atoms with E-state index in [0.29, 0.717) is 5.41 Å². The highest BCUT2D eigenvalue weighted by Gasteiger charge is 2.74. The number of nitrogens with one attached hydrogen (secondary N) is 3. The van der Waals surface area contributed by atoms with Crippen molar-refractivity contribution in [3.8, 4) is 0 Å². The summed E-state index contributed by atoms with van der Waals surface area (Å²) in [5.74, 6) is 2.55. The van der Waals surface area contributed by atoms with Crippen LogP contribution in [-0.2, 0) is 5.54 Å². The Balaban J connectivity index is 0.000000535. The van der Waals surface area contributed by atoms with Crippen LogP contribution in [0.1, 0.15) is 64.1 Å². The summed E-state index contributed by atoms with van der Waals surface area (Å²) in [6.07, 6.45) is 10.9. The van der Waals surface area contributed by atoms with Gasteiger partial charge in [0, 0.05) is 37.1 Å². The highest BCUT2D eigenvalue weighted by Crippen LogP contribution is 2.77. The van der Waals surface area contributed by atoms with Gasteiger partial charge in [-0.05, 0) is 56.6 Å². The van der Waals surface area contributed by atoms with Crippen molar-refractivity contribution in [3.63, 3.8) is 0 Å². The van der Waals surface area contributed by atoms with Crippen LogP contribution in [0.2, 0.25) is 0 Å². The molecule has 0 radical (unpaired) electrons. The molecule has 0 bridgehead atoms. The van der Waals surface area contributed by atoms with E-state index < -0.39 is 0 Å². The maximum atomic E-state index is 7.74. The van der Waals surface area contributed by atoms with Crippen molar-refractivity contribution >= 4 is 23.5 Å². The molecule has 0 unspecified atom stereocenters. The van der Waals surface area contributed by atoms with Crippen LogP contribution in [0.25, 0.3) is 0 Å². The van der Waals surface area contributed by atoms with Gasteiger partial charge in [-0.1, -0.05) is 20.8 Å². The predicted molar refractivity (Wildman–Crippen MR) is 126 cm³/mol. The topological polar surface area (TPSA) is 89.8 Å². The molecule has 0 aromatic carbocycles. The molecule has 3 aliphatic rings. The normalized spacial score (nSPS) is 22.8. The number of anilines is 3. The summed E-state index contributed by atoms with van der Waals surface area (Å²) in [6.45, 7) is 8.60. The molecule has 2 aromatic heterocycles. The molecule has 3 heterocycles. The van der Waals surface area contributed by atoms with E-state index in [-0.39, 0.29) is 5.54 Å². The lowest BCUT2D eigenvalue weighted by Gasteiger charge is -2.19. The Labute approximate surface area is 185 Å². The van der Waals surface area contributed by atoms with Crippen molar-refractivity contribution in [1.29, 1.82) is 5.41 Å². The second-order valence-corrected chi connectivity index (χ2v) is 9.73.